The molecule has 0 spiro atoms. The standard InChI is InChI=1S/C24H31FO5/c1-14-12-15(2)20-17(13-14)8-7-9-19-21(30-23(4,5)29-19)18(26)10-11-24(6,25)16(3)28-22(20)27/h7-8,10-13,16,18-19,21,26H,9H2,1-6H3/b8-7+,11-10-. The molecule has 0 aliphatic carbocycles. The molecule has 6 heteroatoms. The van der Waals surface area contributed by atoms with E-state index in [0.717, 1.165) is 11.1 Å². The molecular formula is C24H31FO5. The molecule has 5 unspecified atom stereocenters. The summed E-state index contributed by atoms with van der Waals surface area (Å²) in [5.74, 6) is -1.43. The molecule has 0 saturated carbocycles. The van der Waals surface area contributed by atoms with Crippen molar-refractivity contribution in [3.05, 3.63) is 52.6 Å². The molecule has 2 aliphatic rings. The van der Waals surface area contributed by atoms with E-state index >= 15 is 4.39 Å². The average Bonchev–Trinajstić information content (AvgIpc) is 2.93. The van der Waals surface area contributed by atoms with Crippen LogP contribution in [0.1, 0.15) is 61.2 Å². The van der Waals surface area contributed by atoms with Crippen LogP contribution in [0, 0.1) is 13.8 Å². The maximum absolute atomic E-state index is 15.3. The number of aliphatic hydroxyl groups is 1. The molecule has 0 amide bonds. The zero-order valence-electron chi connectivity index (χ0n) is 18.4. The number of hydrogen-bond donors (Lipinski definition) is 1. The second-order valence-electron chi connectivity index (χ2n) is 8.87. The van der Waals surface area contributed by atoms with Crippen LogP contribution in [0.2, 0.25) is 0 Å². The molecule has 1 N–H and O–H groups in total. The minimum Gasteiger partial charge on any atom is -0.455 e. The molecule has 5 atom stereocenters. The molecule has 2 aliphatic heterocycles. The molecular weight excluding hydrogens is 387 g/mol. The number of carbonyl (C=O) groups excluding carboxylic acids is 1. The van der Waals surface area contributed by atoms with Gasteiger partial charge in [0.25, 0.3) is 0 Å². The Morgan fingerprint density at radius 1 is 1.17 bits per heavy atom. The van der Waals surface area contributed by atoms with Crippen LogP contribution in [-0.4, -0.2) is 46.9 Å². The first-order chi connectivity index (χ1) is 13.9. The smallest absolute Gasteiger partial charge is 0.339 e. The van der Waals surface area contributed by atoms with E-state index in [1.807, 2.05) is 38.1 Å². The van der Waals surface area contributed by atoms with Crippen molar-refractivity contribution in [3.63, 3.8) is 0 Å². The summed E-state index contributed by atoms with van der Waals surface area (Å²) < 4.78 is 32.6. The van der Waals surface area contributed by atoms with Gasteiger partial charge in [0.1, 0.15) is 18.3 Å². The van der Waals surface area contributed by atoms with E-state index in [9.17, 15) is 9.90 Å². The molecule has 164 valence electrons. The number of esters is 1. The summed E-state index contributed by atoms with van der Waals surface area (Å²) in [6.45, 7) is 10.2. The Bertz CT molecular complexity index is 871. The predicted molar refractivity (Wildman–Crippen MR) is 113 cm³/mol. The van der Waals surface area contributed by atoms with Gasteiger partial charge in [-0.05, 0) is 65.2 Å². The van der Waals surface area contributed by atoms with Gasteiger partial charge in [0.15, 0.2) is 11.5 Å². The van der Waals surface area contributed by atoms with Gasteiger partial charge in [-0.2, -0.15) is 0 Å². The highest BCUT2D eigenvalue weighted by molar-refractivity contribution is 5.95. The number of carbonyl (C=O) groups is 1. The SMILES string of the molecule is Cc1cc(C)c2c(c1)/C=C/CC1OC(C)(C)OC1C(O)/C=C\C(C)(F)C(C)OC2=O. The zero-order chi connectivity index (χ0) is 22.3. The maximum Gasteiger partial charge on any atom is 0.339 e. The third-order valence-corrected chi connectivity index (χ3v) is 5.64. The summed E-state index contributed by atoms with van der Waals surface area (Å²) in [7, 11) is 0. The van der Waals surface area contributed by atoms with E-state index in [1.165, 1.54) is 26.0 Å². The number of benzene rings is 1. The van der Waals surface area contributed by atoms with Crippen LogP contribution in [0.15, 0.2) is 30.4 Å². The summed E-state index contributed by atoms with van der Waals surface area (Å²) in [5, 5.41) is 10.6. The van der Waals surface area contributed by atoms with E-state index in [2.05, 4.69) is 0 Å². The molecule has 0 radical (unpaired) electrons. The Morgan fingerprint density at radius 3 is 2.57 bits per heavy atom. The zero-order valence-corrected chi connectivity index (χ0v) is 18.4. The van der Waals surface area contributed by atoms with Crippen molar-refractivity contribution in [1.29, 1.82) is 0 Å². The summed E-state index contributed by atoms with van der Waals surface area (Å²) in [6, 6.07) is 3.80. The summed E-state index contributed by atoms with van der Waals surface area (Å²) in [4.78, 5) is 12.9. The number of aryl methyl sites for hydroxylation is 2. The highest BCUT2D eigenvalue weighted by Crippen LogP contribution is 2.33. The number of alkyl halides is 1. The van der Waals surface area contributed by atoms with Gasteiger partial charge >= 0.3 is 5.97 Å². The molecule has 0 bridgehead atoms. The highest BCUT2D eigenvalue weighted by Gasteiger charge is 2.44. The maximum atomic E-state index is 15.3. The largest absolute Gasteiger partial charge is 0.455 e. The molecule has 3 rings (SSSR count). The molecule has 30 heavy (non-hydrogen) atoms. The quantitative estimate of drug-likeness (QED) is 0.499. The fourth-order valence-corrected chi connectivity index (χ4v) is 3.94. The lowest BCUT2D eigenvalue weighted by Crippen LogP contribution is -2.37. The molecule has 5 nitrogen and oxygen atoms in total. The van der Waals surface area contributed by atoms with Gasteiger partial charge in [-0.1, -0.05) is 35.9 Å². The van der Waals surface area contributed by atoms with E-state index < -0.39 is 41.8 Å². The van der Waals surface area contributed by atoms with Crippen LogP contribution < -0.4 is 0 Å². The first-order valence-electron chi connectivity index (χ1n) is 10.3. The van der Waals surface area contributed by atoms with Crippen molar-refractivity contribution in [1.82, 2.24) is 0 Å². The van der Waals surface area contributed by atoms with Crippen LogP contribution in [0.5, 0.6) is 0 Å². The number of cyclic esters (lactones) is 1. The number of ether oxygens (including phenoxy) is 3. The monoisotopic (exact) mass is 418 g/mol. The lowest BCUT2D eigenvalue weighted by molar-refractivity contribution is -0.152. The van der Waals surface area contributed by atoms with Crippen molar-refractivity contribution in [2.75, 3.05) is 0 Å². The van der Waals surface area contributed by atoms with Crippen LogP contribution in [0.3, 0.4) is 0 Å². The average molecular weight is 419 g/mol. The van der Waals surface area contributed by atoms with Crippen LogP contribution in [-0.2, 0) is 14.2 Å². The predicted octanol–water partition coefficient (Wildman–Crippen LogP) is 4.43. The summed E-state index contributed by atoms with van der Waals surface area (Å²) in [5.41, 5.74) is 0.921. The number of aliphatic hydroxyl groups excluding tert-OH is 1. The van der Waals surface area contributed by atoms with Crippen molar-refractivity contribution in [3.8, 4) is 0 Å². The third-order valence-electron chi connectivity index (χ3n) is 5.64. The van der Waals surface area contributed by atoms with E-state index in [-0.39, 0.29) is 0 Å². The van der Waals surface area contributed by atoms with Gasteiger partial charge in [0.2, 0.25) is 0 Å². The first-order valence-corrected chi connectivity index (χ1v) is 10.3. The fourth-order valence-electron chi connectivity index (χ4n) is 3.94. The van der Waals surface area contributed by atoms with Crippen LogP contribution in [0.4, 0.5) is 4.39 Å². The number of fused-ring (bicyclic) bond motifs is 2. The third kappa shape index (κ3) is 4.82. The molecule has 0 aromatic heterocycles. The van der Waals surface area contributed by atoms with Gasteiger partial charge in [0, 0.05) is 0 Å². The highest BCUT2D eigenvalue weighted by atomic mass is 19.1. The van der Waals surface area contributed by atoms with Gasteiger partial charge < -0.3 is 19.3 Å². The second kappa shape index (κ2) is 8.25. The molecule has 1 aromatic carbocycles. The topological polar surface area (TPSA) is 65.0 Å². The Balaban J connectivity index is 2.06. The van der Waals surface area contributed by atoms with Gasteiger partial charge in [-0.3, -0.25) is 0 Å². The minimum absolute atomic E-state index is 0.413. The number of halogens is 1. The Morgan fingerprint density at radius 2 is 1.87 bits per heavy atom. The molecule has 1 fully saturated rings. The van der Waals surface area contributed by atoms with Crippen molar-refractivity contribution >= 4 is 12.0 Å². The Labute approximate surface area is 177 Å². The second-order valence-corrected chi connectivity index (χ2v) is 8.87. The summed E-state index contributed by atoms with van der Waals surface area (Å²) >= 11 is 0. The normalized spacial score (nSPS) is 36.2. The van der Waals surface area contributed by atoms with Gasteiger partial charge in [0.05, 0.1) is 11.7 Å². The van der Waals surface area contributed by atoms with Crippen molar-refractivity contribution < 1.29 is 28.5 Å². The van der Waals surface area contributed by atoms with E-state index in [0.29, 0.717) is 17.5 Å². The summed E-state index contributed by atoms with van der Waals surface area (Å²) in [6.07, 6.45) is 3.61. The Kier molecular flexibility index (Phi) is 6.23. The molecule has 1 saturated heterocycles. The van der Waals surface area contributed by atoms with E-state index in [4.69, 9.17) is 14.2 Å². The van der Waals surface area contributed by atoms with Gasteiger partial charge in [-0.25, -0.2) is 9.18 Å². The van der Waals surface area contributed by atoms with Crippen molar-refractivity contribution in [2.24, 2.45) is 0 Å². The molecule has 1 aromatic rings. The lowest BCUT2D eigenvalue weighted by Gasteiger charge is -2.26. The number of rotatable bonds is 0. The lowest BCUT2D eigenvalue weighted by atomic mass is 9.95. The minimum atomic E-state index is -1.97. The van der Waals surface area contributed by atoms with Crippen LogP contribution in [0.25, 0.3) is 6.08 Å². The van der Waals surface area contributed by atoms with Crippen molar-refractivity contribution in [2.45, 2.75) is 83.8 Å². The van der Waals surface area contributed by atoms with Crippen LogP contribution >= 0.6 is 0 Å². The van der Waals surface area contributed by atoms with E-state index in [1.54, 1.807) is 13.8 Å². The van der Waals surface area contributed by atoms with Gasteiger partial charge in [-0.15, -0.1) is 0 Å². The molecule has 2 heterocycles. The Hall–Kier alpha value is -2.02. The number of hydrogen-bond acceptors (Lipinski definition) is 5. The first kappa shape index (κ1) is 22.7. The fraction of sp³-hybridized carbons (Fsp3) is 0.542.